The van der Waals surface area contributed by atoms with E-state index in [2.05, 4.69) is 30.0 Å². The molecule has 3 aromatic rings. The Bertz CT molecular complexity index is 1180. The van der Waals surface area contributed by atoms with Crippen LogP contribution in [0, 0.1) is 13.8 Å². The molecule has 0 spiro atoms. The van der Waals surface area contributed by atoms with Crippen LogP contribution in [0.15, 0.2) is 24.4 Å². The van der Waals surface area contributed by atoms with Crippen molar-refractivity contribution in [2.24, 2.45) is 0 Å². The molecule has 2 atom stereocenters. The van der Waals surface area contributed by atoms with E-state index >= 15 is 0 Å². The Balaban J connectivity index is 1.40. The van der Waals surface area contributed by atoms with Crippen LogP contribution >= 0.6 is 0 Å². The first-order chi connectivity index (χ1) is 15.0. The molecule has 160 valence electrons. The lowest BCUT2D eigenvalue weighted by molar-refractivity contribution is -0.120. The van der Waals surface area contributed by atoms with Crippen LogP contribution in [0.1, 0.15) is 55.0 Å². The number of benzene rings is 1. The Morgan fingerprint density at radius 1 is 1.06 bits per heavy atom. The summed E-state index contributed by atoms with van der Waals surface area (Å²) >= 11 is 0. The maximum Gasteiger partial charge on any atom is 0.159 e. The van der Waals surface area contributed by atoms with Gasteiger partial charge in [0.05, 0.1) is 30.5 Å². The van der Waals surface area contributed by atoms with Crippen LogP contribution in [0.4, 0.5) is 5.82 Å². The van der Waals surface area contributed by atoms with Gasteiger partial charge >= 0.3 is 0 Å². The van der Waals surface area contributed by atoms with Gasteiger partial charge in [0.15, 0.2) is 5.82 Å². The Labute approximate surface area is 181 Å². The molecular weight excluding hydrogens is 390 g/mol. The summed E-state index contributed by atoms with van der Waals surface area (Å²) in [6.07, 6.45) is 6.58. The molecule has 6 rings (SSSR count). The molecule has 2 aliphatic heterocycles. The summed E-state index contributed by atoms with van der Waals surface area (Å²) in [4.78, 5) is 23.5. The van der Waals surface area contributed by atoms with E-state index in [-0.39, 0.29) is 0 Å². The van der Waals surface area contributed by atoms with Crippen molar-refractivity contribution in [3.63, 3.8) is 0 Å². The Hall–Kier alpha value is -2.80. The van der Waals surface area contributed by atoms with Gasteiger partial charge in [-0.25, -0.2) is 14.6 Å². The number of hydrogen-bond donors (Lipinski definition) is 0. The van der Waals surface area contributed by atoms with Gasteiger partial charge in [0, 0.05) is 30.8 Å². The van der Waals surface area contributed by atoms with E-state index in [1.54, 1.807) is 0 Å². The summed E-state index contributed by atoms with van der Waals surface area (Å²) in [5.41, 5.74) is 3.67. The number of ketones is 1. The average molecular weight is 418 g/mol. The van der Waals surface area contributed by atoms with Gasteiger partial charge in [-0.05, 0) is 62.3 Å². The molecule has 1 aliphatic carbocycles. The number of carbonyl (C=O) groups excluding carboxylic acids is 1. The molecule has 7 heteroatoms. The van der Waals surface area contributed by atoms with Crippen molar-refractivity contribution in [2.75, 3.05) is 18.1 Å². The number of fused-ring (bicyclic) bond motifs is 3. The zero-order chi connectivity index (χ0) is 21.1. The average Bonchev–Trinajstić information content (AvgIpc) is 3.49. The topological polar surface area (TPSA) is 73.1 Å². The van der Waals surface area contributed by atoms with E-state index in [1.807, 2.05) is 17.8 Å². The predicted molar refractivity (Wildman–Crippen MR) is 118 cm³/mol. The normalized spacial score (nSPS) is 23.9. The Kier molecular flexibility index (Phi) is 4.35. The third-order valence-corrected chi connectivity index (χ3v) is 7.16. The number of aromatic nitrogens is 4. The van der Waals surface area contributed by atoms with Crippen molar-refractivity contribution in [1.29, 1.82) is 0 Å². The number of anilines is 1. The second-order valence-corrected chi connectivity index (χ2v) is 9.27. The maximum atomic E-state index is 11.7. The van der Waals surface area contributed by atoms with E-state index in [4.69, 9.17) is 19.8 Å². The fourth-order valence-corrected chi connectivity index (χ4v) is 5.55. The van der Waals surface area contributed by atoms with Crippen molar-refractivity contribution in [3.05, 3.63) is 41.3 Å². The molecule has 1 saturated carbocycles. The molecule has 0 radical (unpaired) electrons. The van der Waals surface area contributed by atoms with Gasteiger partial charge in [-0.2, -0.15) is 5.10 Å². The monoisotopic (exact) mass is 417 g/mol. The lowest BCUT2D eigenvalue weighted by atomic mass is 9.81. The quantitative estimate of drug-likeness (QED) is 0.648. The summed E-state index contributed by atoms with van der Waals surface area (Å²) in [5, 5.41) is 5.80. The highest BCUT2D eigenvalue weighted by molar-refractivity contribution is 5.83. The predicted octanol–water partition coefficient (Wildman–Crippen LogP) is 3.64. The number of rotatable bonds is 3. The van der Waals surface area contributed by atoms with Crippen molar-refractivity contribution >= 4 is 22.5 Å². The summed E-state index contributed by atoms with van der Waals surface area (Å²) < 4.78 is 7.70. The van der Waals surface area contributed by atoms with Crippen LogP contribution in [0.5, 0.6) is 0 Å². The Morgan fingerprint density at radius 3 is 2.61 bits per heavy atom. The summed E-state index contributed by atoms with van der Waals surface area (Å²) in [6.45, 7) is 5.78. The fraction of sp³-hybridized carbons (Fsp3) is 0.500. The molecule has 2 aromatic heterocycles. The van der Waals surface area contributed by atoms with Crippen LogP contribution in [0.25, 0.3) is 16.7 Å². The van der Waals surface area contributed by atoms with Crippen LogP contribution in [-0.2, 0) is 9.53 Å². The number of ether oxygens (including phenoxy) is 1. The number of Topliss-reactive ketones (excluding diaryl/α,β-unsaturated/α-hetero) is 1. The maximum absolute atomic E-state index is 11.7. The largest absolute Gasteiger partial charge is 0.374 e. The van der Waals surface area contributed by atoms with Gasteiger partial charge in [-0.15, -0.1) is 0 Å². The van der Waals surface area contributed by atoms with E-state index < -0.39 is 0 Å². The van der Waals surface area contributed by atoms with E-state index in [0.717, 1.165) is 60.8 Å². The molecule has 3 fully saturated rings. The molecule has 3 aliphatic rings. The van der Waals surface area contributed by atoms with E-state index in [0.29, 0.717) is 36.7 Å². The van der Waals surface area contributed by atoms with Gasteiger partial charge in [-0.3, -0.25) is 4.79 Å². The van der Waals surface area contributed by atoms with Crippen molar-refractivity contribution in [1.82, 2.24) is 19.7 Å². The third kappa shape index (κ3) is 3.22. The Morgan fingerprint density at radius 2 is 1.87 bits per heavy atom. The number of nitrogens with zero attached hydrogens (tertiary/aromatic N) is 5. The van der Waals surface area contributed by atoms with Crippen LogP contribution in [0.2, 0.25) is 0 Å². The lowest BCUT2D eigenvalue weighted by Gasteiger charge is -2.28. The van der Waals surface area contributed by atoms with Gasteiger partial charge in [0.2, 0.25) is 0 Å². The second kappa shape index (κ2) is 7.12. The minimum absolute atomic E-state index is 0.321. The van der Waals surface area contributed by atoms with Crippen LogP contribution < -0.4 is 4.90 Å². The van der Waals surface area contributed by atoms with Crippen molar-refractivity contribution < 1.29 is 9.53 Å². The highest BCUT2D eigenvalue weighted by Crippen LogP contribution is 2.36. The van der Waals surface area contributed by atoms with Gasteiger partial charge < -0.3 is 9.64 Å². The molecule has 4 heterocycles. The minimum Gasteiger partial charge on any atom is -0.374 e. The molecule has 2 bridgehead atoms. The zero-order valence-corrected chi connectivity index (χ0v) is 18.0. The highest BCUT2D eigenvalue weighted by Gasteiger charge is 2.39. The van der Waals surface area contributed by atoms with Crippen LogP contribution in [-0.4, -0.2) is 50.8 Å². The number of hydrogen-bond acceptors (Lipinski definition) is 6. The molecular formula is C24H27N5O2. The lowest BCUT2D eigenvalue weighted by Crippen LogP contribution is -2.37. The minimum atomic E-state index is 0.321. The first kappa shape index (κ1) is 18.9. The van der Waals surface area contributed by atoms with E-state index in [1.165, 1.54) is 11.1 Å². The van der Waals surface area contributed by atoms with Gasteiger partial charge in [0.1, 0.15) is 17.4 Å². The van der Waals surface area contributed by atoms with Gasteiger partial charge in [-0.1, -0.05) is 0 Å². The van der Waals surface area contributed by atoms with Gasteiger partial charge in [0.25, 0.3) is 0 Å². The molecule has 7 nitrogen and oxygen atoms in total. The highest BCUT2D eigenvalue weighted by atomic mass is 16.5. The number of aryl methyl sites for hydroxylation is 2. The smallest absolute Gasteiger partial charge is 0.159 e. The second-order valence-electron chi connectivity index (χ2n) is 9.27. The first-order valence-corrected chi connectivity index (χ1v) is 11.3. The van der Waals surface area contributed by atoms with Crippen molar-refractivity contribution in [3.8, 4) is 5.82 Å². The molecule has 2 saturated heterocycles. The summed E-state index contributed by atoms with van der Waals surface area (Å²) in [6, 6.07) is 6.95. The molecule has 31 heavy (non-hydrogen) atoms. The molecule has 0 amide bonds. The van der Waals surface area contributed by atoms with Crippen molar-refractivity contribution in [2.45, 2.75) is 64.0 Å². The van der Waals surface area contributed by atoms with E-state index in [9.17, 15) is 4.79 Å². The number of carbonyl (C=O) groups is 1. The fourth-order valence-electron chi connectivity index (χ4n) is 5.55. The zero-order valence-electron chi connectivity index (χ0n) is 18.0. The third-order valence-electron chi connectivity index (χ3n) is 7.16. The molecule has 0 N–H and O–H groups in total. The van der Waals surface area contributed by atoms with Crippen LogP contribution in [0.3, 0.4) is 0 Å². The SMILES string of the molecule is Cc1nc(N2CC3CC2CO3)cc(-n2ncc3cc(C)c(C4CCC(=O)CC4)cc32)n1. The summed E-state index contributed by atoms with van der Waals surface area (Å²) in [5.74, 6) is 3.34. The standard InChI is InChI=1S/C24H27N5O2/c1-14-7-17-11-25-29(22(17)9-21(14)16-3-5-19(30)6-4-16)24-10-23(26-15(2)27-24)28-12-20-8-18(28)13-31-20/h7,9-11,16,18,20H,3-6,8,12-13H2,1-2H3. The number of morpholine rings is 1. The molecule has 1 aromatic carbocycles. The molecule has 2 unspecified atom stereocenters. The first-order valence-electron chi connectivity index (χ1n) is 11.3. The summed E-state index contributed by atoms with van der Waals surface area (Å²) in [7, 11) is 0.